The van der Waals surface area contributed by atoms with Crippen molar-refractivity contribution >= 4 is 17.7 Å². The summed E-state index contributed by atoms with van der Waals surface area (Å²) < 4.78 is 6.96. The molecule has 0 bridgehead atoms. The van der Waals surface area contributed by atoms with Gasteiger partial charge in [-0.15, -0.1) is 11.8 Å². The Hall–Kier alpha value is -2.46. The molecule has 0 aliphatic carbocycles. The first-order valence-electron chi connectivity index (χ1n) is 7.15. The molecule has 3 heterocycles. The number of nitrogens with zero attached hydrogens (tertiary/aromatic N) is 2. The Morgan fingerprint density at radius 2 is 2.30 bits per heavy atom. The van der Waals surface area contributed by atoms with Crippen LogP contribution < -0.4 is 5.56 Å². The van der Waals surface area contributed by atoms with Crippen LogP contribution in [0.2, 0.25) is 0 Å². The molecule has 0 atom stereocenters. The van der Waals surface area contributed by atoms with Crippen molar-refractivity contribution in [1.82, 2.24) is 9.55 Å². The fourth-order valence-electron chi connectivity index (χ4n) is 2.92. The summed E-state index contributed by atoms with van der Waals surface area (Å²) in [6, 6.07) is 3.51. The number of hydrogen-bond acceptors (Lipinski definition) is 5. The third-order valence-corrected chi connectivity index (χ3v) is 5.02. The van der Waals surface area contributed by atoms with Gasteiger partial charge in [0.05, 0.1) is 12.3 Å². The molecule has 0 aromatic carbocycles. The molecule has 0 saturated heterocycles. The Morgan fingerprint density at radius 1 is 1.57 bits per heavy atom. The van der Waals surface area contributed by atoms with Crippen molar-refractivity contribution < 1.29 is 9.53 Å². The molecule has 0 saturated carbocycles. The van der Waals surface area contributed by atoms with Gasteiger partial charge in [-0.3, -0.25) is 4.79 Å². The molecule has 1 N–H and O–H groups in total. The van der Waals surface area contributed by atoms with E-state index in [4.69, 9.17) is 10.00 Å². The zero-order valence-corrected chi connectivity index (χ0v) is 13.8. The van der Waals surface area contributed by atoms with Crippen LogP contribution in [0.4, 0.5) is 0 Å². The monoisotopic (exact) mass is 329 g/mol. The molecule has 7 heteroatoms. The average Bonchev–Trinajstić information content (AvgIpc) is 2.78. The lowest BCUT2D eigenvalue weighted by Gasteiger charge is -2.17. The zero-order valence-electron chi connectivity index (χ0n) is 13.0. The van der Waals surface area contributed by atoms with E-state index in [0.29, 0.717) is 23.7 Å². The fourth-order valence-corrected chi connectivity index (χ4v) is 4.05. The molecule has 1 aliphatic heterocycles. The Bertz CT molecular complexity index is 918. The number of aromatic nitrogens is 2. The maximum Gasteiger partial charge on any atom is 0.355 e. The summed E-state index contributed by atoms with van der Waals surface area (Å²) in [5.41, 5.74) is 3.44. The summed E-state index contributed by atoms with van der Waals surface area (Å²) in [6.07, 6.45) is 0. The van der Waals surface area contributed by atoms with Crippen LogP contribution in [0.15, 0.2) is 15.8 Å². The topological polar surface area (TPSA) is 87.9 Å². The second kappa shape index (κ2) is 5.63. The molecule has 3 rings (SSSR count). The zero-order chi connectivity index (χ0) is 16.7. The molecular formula is C16H15N3O3S. The lowest BCUT2D eigenvalue weighted by molar-refractivity contribution is 0.0514. The third kappa shape index (κ3) is 2.26. The fraction of sp³-hybridized carbons (Fsp3) is 0.312. The van der Waals surface area contributed by atoms with Crippen molar-refractivity contribution in [1.29, 1.82) is 5.26 Å². The molecule has 118 valence electrons. The summed E-state index contributed by atoms with van der Waals surface area (Å²) in [5.74, 6) is 0.292. The minimum Gasteiger partial charge on any atom is -0.461 e. The van der Waals surface area contributed by atoms with Crippen molar-refractivity contribution in [2.45, 2.75) is 24.5 Å². The molecule has 6 nitrogen and oxygen atoms in total. The van der Waals surface area contributed by atoms with Gasteiger partial charge in [0.1, 0.15) is 17.3 Å². The van der Waals surface area contributed by atoms with E-state index in [9.17, 15) is 9.59 Å². The Labute approximate surface area is 137 Å². The van der Waals surface area contributed by atoms with Gasteiger partial charge < -0.3 is 14.3 Å². The number of carbonyl (C=O) groups is 1. The van der Waals surface area contributed by atoms with E-state index in [1.807, 2.05) is 24.6 Å². The SMILES string of the molecule is CCOC(=O)c1c(C)c2c(n1C)CSc1cc(C#N)c(=O)[nH]c1-2. The Balaban J connectivity index is 2.26. The predicted octanol–water partition coefficient (Wildman–Crippen LogP) is 2.34. The molecule has 1 aliphatic rings. The first-order chi connectivity index (χ1) is 11.0. The molecule has 2 aromatic heterocycles. The summed E-state index contributed by atoms with van der Waals surface area (Å²) >= 11 is 1.54. The molecule has 23 heavy (non-hydrogen) atoms. The van der Waals surface area contributed by atoms with Crippen LogP contribution in [0, 0.1) is 18.3 Å². The van der Waals surface area contributed by atoms with E-state index in [-0.39, 0.29) is 11.5 Å². The van der Waals surface area contributed by atoms with E-state index >= 15 is 0 Å². The molecule has 0 spiro atoms. The number of rotatable bonds is 2. The minimum atomic E-state index is -0.416. The summed E-state index contributed by atoms with van der Waals surface area (Å²) in [6.45, 7) is 3.92. The number of thioether (sulfide) groups is 1. The normalized spacial score (nSPS) is 12.3. The lowest BCUT2D eigenvalue weighted by atomic mass is 10.0. The lowest BCUT2D eigenvalue weighted by Crippen LogP contribution is -2.14. The first kappa shape index (κ1) is 15.4. The number of pyridine rings is 1. The van der Waals surface area contributed by atoms with Crippen molar-refractivity contribution in [2.75, 3.05) is 6.61 Å². The van der Waals surface area contributed by atoms with E-state index < -0.39 is 5.56 Å². The van der Waals surface area contributed by atoms with Crippen molar-refractivity contribution in [3.8, 4) is 17.3 Å². The van der Waals surface area contributed by atoms with E-state index in [0.717, 1.165) is 21.7 Å². The number of carbonyl (C=O) groups excluding carboxylic acids is 1. The molecule has 0 radical (unpaired) electrons. The van der Waals surface area contributed by atoms with Crippen LogP contribution in [0.3, 0.4) is 0 Å². The van der Waals surface area contributed by atoms with Gasteiger partial charge in [-0.25, -0.2) is 4.79 Å². The number of nitriles is 1. The van der Waals surface area contributed by atoms with E-state index in [2.05, 4.69) is 4.98 Å². The number of hydrogen-bond donors (Lipinski definition) is 1. The number of esters is 1. The molecule has 0 unspecified atom stereocenters. The van der Waals surface area contributed by atoms with Gasteiger partial charge in [0.25, 0.3) is 5.56 Å². The van der Waals surface area contributed by atoms with E-state index in [1.165, 1.54) is 11.8 Å². The third-order valence-electron chi connectivity index (χ3n) is 3.97. The van der Waals surface area contributed by atoms with Gasteiger partial charge in [0.15, 0.2) is 0 Å². The van der Waals surface area contributed by atoms with Gasteiger partial charge >= 0.3 is 5.97 Å². The highest BCUT2D eigenvalue weighted by Crippen LogP contribution is 2.43. The highest BCUT2D eigenvalue weighted by Gasteiger charge is 2.29. The first-order valence-corrected chi connectivity index (χ1v) is 8.14. The van der Waals surface area contributed by atoms with Crippen LogP contribution in [0.1, 0.15) is 34.2 Å². The minimum absolute atomic E-state index is 0.0962. The largest absolute Gasteiger partial charge is 0.461 e. The number of nitrogens with one attached hydrogen (secondary N) is 1. The van der Waals surface area contributed by atoms with Gasteiger partial charge in [-0.2, -0.15) is 5.26 Å². The van der Waals surface area contributed by atoms with Crippen LogP contribution in [-0.4, -0.2) is 22.1 Å². The van der Waals surface area contributed by atoms with Crippen LogP contribution in [0.5, 0.6) is 0 Å². The number of aromatic amines is 1. The maximum atomic E-state index is 12.2. The van der Waals surface area contributed by atoms with Gasteiger partial charge in [0, 0.05) is 29.0 Å². The second-order valence-corrected chi connectivity index (χ2v) is 6.24. The molecule has 2 aromatic rings. The quantitative estimate of drug-likeness (QED) is 0.854. The van der Waals surface area contributed by atoms with Crippen LogP contribution >= 0.6 is 11.8 Å². The van der Waals surface area contributed by atoms with Crippen molar-refractivity contribution in [3.05, 3.63) is 38.9 Å². The summed E-state index contributed by atoms with van der Waals surface area (Å²) in [4.78, 5) is 27.8. The van der Waals surface area contributed by atoms with Crippen molar-refractivity contribution in [3.63, 3.8) is 0 Å². The molecule has 0 fully saturated rings. The predicted molar refractivity (Wildman–Crippen MR) is 86.4 cm³/mol. The maximum absolute atomic E-state index is 12.2. The van der Waals surface area contributed by atoms with E-state index in [1.54, 1.807) is 13.0 Å². The standard InChI is InChI=1S/C16H15N3O3S/c1-4-22-16(21)14-8(2)12-10(19(14)3)7-23-11-5-9(6-17)15(20)18-13(11)12/h5H,4,7H2,1-3H3,(H,18,20). The number of fused-ring (bicyclic) bond motifs is 3. The Kier molecular flexibility index (Phi) is 3.78. The van der Waals surface area contributed by atoms with Crippen LogP contribution in [0.25, 0.3) is 11.3 Å². The highest BCUT2D eigenvalue weighted by atomic mass is 32.2. The average molecular weight is 329 g/mol. The van der Waals surface area contributed by atoms with Gasteiger partial charge in [0.2, 0.25) is 0 Å². The van der Waals surface area contributed by atoms with Crippen molar-refractivity contribution in [2.24, 2.45) is 7.05 Å². The smallest absolute Gasteiger partial charge is 0.355 e. The number of ether oxygens (including phenoxy) is 1. The van der Waals surface area contributed by atoms with Gasteiger partial charge in [-0.05, 0) is 25.5 Å². The Morgan fingerprint density at radius 3 is 2.96 bits per heavy atom. The molecular weight excluding hydrogens is 314 g/mol. The summed E-state index contributed by atoms with van der Waals surface area (Å²) in [7, 11) is 1.82. The van der Waals surface area contributed by atoms with Crippen LogP contribution in [-0.2, 0) is 17.5 Å². The van der Waals surface area contributed by atoms with Gasteiger partial charge in [-0.1, -0.05) is 0 Å². The second-order valence-electron chi connectivity index (χ2n) is 5.23. The highest BCUT2D eigenvalue weighted by molar-refractivity contribution is 7.98. The molecule has 0 amide bonds. The summed E-state index contributed by atoms with van der Waals surface area (Å²) in [5, 5.41) is 9.01. The number of H-pyrrole nitrogens is 1.